The van der Waals surface area contributed by atoms with E-state index in [1.807, 2.05) is 30.3 Å². The first-order valence-electron chi connectivity index (χ1n) is 6.49. The second-order valence-electron chi connectivity index (χ2n) is 5.50. The van der Waals surface area contributed by atoms with E-state index in [0.29, 0.717) is 12.8 Å². The minimum atomic E-state index is -1.14. The summed E-state index contributed by atoms with van der Waals surface area (Å²) in [6.45, 7) is 5.25. The smallest absolute Gasteiger partial charge is 0.334 e. The zero-order valence-electron chi connectivity index (χ0n) is 12.1. The molecule has 1 aromatic carbocycles. The Hall–Kier alpha value is -2.10. The molecule has 4 nitrogen and oxygen atoms in total. The Morgan fingerprint density at radius 1 is 1.20 bits per heavy atom. The maximum atomic E-state index is 12.0. The van der Waals surface area contributed by atoms with Crippen molar-refractivity contribution in [2.45, 2.75) is 39.2 Å². The van der Waals surface area contributed by atoms with Crippen molar-refractivity contribution in [3.63, 3.8) is 0 Å². The summed E-state index contributed by atoms with van der Waals surface area (Å²) < 4.78 is 5.22. The Morgan fingerprint density at radius 3 is 2.30 bits per heavy atom. The molecule has 20 heavy (non-hydrogen) atoms. The van der Waals surface area contributed by atoms with Crippen molar-refractivity contribution in [1.82, 2.24) is 0 Å². The van der Waals surface area contributed by atoms with Crippen LogP contribution in [-0.2, 0) is 20.7 Å². The van der Waals surface area contributed by atoms with Crippen LogP contribution < -0.4 is 0 Å². The number of carboxylic acids is 1. The molecule has 0 fully saturated rings. The van der Waals surface area contributed by atoms with Crippen molar-refractivity contribution in [3.05, 3.63) is 47.5 Å². The predicted molar refractivity (Wildman–Crippen MR) is 76.3 cm³/mol. The van der Waals surface area contributed by atoms with Crippen molar-refractivity contribution in [1.29, 1.82) is 0 Å². The molecule has 1 rings (SSSR count). The van der Waals surface area contributed by atoms with Gasteiger partial charge in [-0.3, -0.25) is 0 Å². The highest BCUT2D eigenvalue weighted by Crippen LogP contribution is 2.15. The summed E-state index contributed by atoms with van der Waals surface area (Å²) >= 11 is 0. The lowest BCUT2D eigenvalue weighted by Gasteiger charge is -2.20. The van der Waals surface area contributed by atoms with Crippen molar-refractivity contribution in [3.8, 4) is 0 Å². The van der Waals surface area contributed by atoms with Gasteiger partial charge in [-0.15, -0.1) is 0 Å². The van der Waals surface area contributed by atoms with E-state index in [4.69, 9.17) is 9.84 Å². The van der Waals surface area contributed by atoms with Gasteiger partial charge in [0, 0.05) is 11.6 Å². The van der Waals surface area contributed by atoms with Crippen LogP contribution in [0.15, 0.2) is 42.0 Å². The molecule has 0 heterocycles. The molecule has 0 bridgehead atoms. The average Bonchev–Trinajstić information content (AvgIpc) is 2.33. The predicted octanol–water partition coefficient (Wildman–Crippen LogP) is 2.97. The van der Waals surface area contributed by atoms with Crippen molar-refractivity contribution >= 4 is 11.9 Å². The zero-order chi connectivity index (χ0) is 15.2. The van der Waals surface area contributed by atoms with Crippen LogP contribution in [0.1, 0.15) is 32.8 Å². The molecule has 0 aliphatic rings. The van der Waals surface area contributed by atoms with Gasteiger partial charge in [-0.2, -0.15) is 0 Å². The Morgan fingerprint density at radius 2 is 1.80 bits per heavy atom. The number of carbonyl (C=O) groups excluding carboxylic acids is 1. The van der Waals surface area contributed by atoms with Gasteiger partial charge >= 0.3 is 11.9 Å². The number of hydrogen-bond donors (Lipinski definition) is 1. The van der Waals surface area contributed by atoms with Crippen LogP contribution in [0.3, 0.4) is 0 Å². The molecular formula is C16H20O4. The Kier molecular flexibility index (Phi) is 5.50. The Balaban J connectivity index is 2.76. The lowest BCUT2D eigenvalue weighted by molar-refractivity contribution is -0.150. The van der Waals surface area contributed by atoms with Gasteiger partial charge in [-0.05, 0) is 39.2 Å². The van der Waals surface area contributed by atoms with E-state index < -0.39 is 17.5 Å². The topological polar surface area (TPSA) is 63.6 Å². The number of esters is 1. The van der Waals surface area contributed by atoms with Crippen LogP contribution in [0.25, 0.3) is 0 Å². The molecule has 4 heteroatoms. The average molecular weight is 276 g/mol. The van der Waals surface area contributed by atoms with Crippen LogP contribution in [-0.4, -0.2) is 22.6 Å². The molecule has 1 N–H and O–H groups in total. The third-order valence-corrected chi connectivity index (χ3v) is 2.48. The molecule has 1 aromatic rings. The number of carboxylic acid groups (broad SMARTS) is 1. The number of carbonyl (C=O) groups is 2. The van der Waals surface area contributed by atoms with Crippen LogP contribution in [0.4, 0.5) is 0 Å². The van der Waals surface area contributed by atoms with Crippen LogP contribution in [0.5, 0.6) is 0 Å². The van der Waals surface area contributed by atoms with Crippen molar-refractivity contribution in [2.75, 3.05) is 0 Å². The van der Waals surface area contributed by atoms with E-state index in [1.54, 1.807) is 20.8 Å². The van der Waals surface area contributed by atoms with Gasteiger partial charge in [0.25, 0.3) is 0 Å². The third kappa shape index (κ3) is 6.18. The second-order valence-corrected chi connectivity index (χ2v) is 5.50. The fraction of sp³-hybridized carbons (Fsp3) is 0.375. The number of hydrogen-bond acceptors (Lipinski definition) is 3. The fourth-order valence-corrected chi connectivity index (χ4v) is 1.65. The molecule has 108 valence electrons. The van der Waals surface area contributed by atoms with E-state index >= 15 is 0 Å². The first-order valence-corrected chi connectivity index (χ1v) is 6.49. The fourth-order valence-electron chi connectivity index (χ4n) is 1.65. The molecule has 0 aromatic heterocycles. The van der Waals surface area contributed by atoms with Crippen molar-refractivity contribution in [2.24, 2.45) is 0 Å². The van der Waals surface area contributed by atoms with E-state index in [-0.39, 0.29) is 5.57 Å². The number of aliphatic carboxylic acids is 1. The largest absolute Gasteiger partial charge is 0.478 e. The molecule has 0 aliphatic carbocycles. The number of benzene rings is 1. The van der Waals surface area contributed by atoms with E-state index in [2.05, 4.69) is 0 Å². The SMILES string of the molecule is CC(C)(C)OC(=O)/C(=C/C(=O)O)CCc1ccccc1. The minimum absolute atomic E-state index is 0.177. The van der Waals surface area contributed by atoms with Gasteiger partial charge in [-0.25, -0.2) is 9.59 Å². The van der Waals surface area contributed by atoms with Gasteiger partial charge in [0.15, 0.2) is 0 Å². The summed E-state index contributed by atoms with van der Waals surface area (Å²) in [6, 6.07) is 9.60. The van der Waals surface area contributed by atoms with Crippen molar-refractivity contribution < 1.29 is 19.4 Å². The summed E-state index contributed by atoms with van der Waals surface area (Å²) in [5.41, 5.74) is 0.588. The van der Waals surface area contributed by atoms with Gasteiger partial charge in [0.2, 0.25) is 0 Å². The molecule has 0 amide bonds. The molecule has 0 radical (unpaired) electrons. The summed E-state index contributed by atoms with van der Waals surface area (Å²) in [6.07, 6.45) is 1.86. The van der Waals surface area contributed by atoms with Crippen LogP contribution >= 0.6 is 0 Å². The lowest BCUT2D eigenvalue weighted by Crippen LogP contribution is -2.25. The summed E-state index contributed by atoms with van der Waals surface area (Å²) in [4.78, 5) is 22.8. The summed E-state index contributed by atoms with van der Waals surface area (Å²) in [5.74, 6) is -1.71. The lowest BCUT2D eigenvalue weighted by atomic mass is 10.0. The van der Waals surface area contributed by atoms with E-state index in [9.17, 15) is 9.59 Å². The molecule has 0 spiro atoms. The molecule has 0 aliphatic heterocycles. The number of ether oxygens (including phenoxy) is 1. The minimum Gasteiger partial charge on any atom is -0.478 e. The molecule has 0 saturated carbocycles. The van der Waals surface area contributed by atoms with E-state index in [1.165, 1.54) is 0 Å². The Bertz CT molecular complexity index is 495. The third-order valence-electron chi connectivity index (χ3n) is 2.48. The standard InChI is InChI=1S/C16H20O4/c1-16(2,3)20-15(19)13(11-14(17)18)10-9-12-7-5-4-6-8-12/h4-8,11H,9-10H2,1-3H3,(H,17,18)/b13-11+. The maximum absolute atomic E-state index is 12.0. The van der Waals surface area contributed by atoms with Crippen LogP contribution in [0, 0.1) is 0 Å². The highest BCUT2D eigenvalue weighted by atomic mass is 16.6. The zero-order valence-corrected chi connectivity index (χ0v) is 12.1. The Labute approximate surface area is 119 Å². The number of aryl methyl sites for hydroxylation is 1. The maximum Gasteiger partial charge on any atom is 0.334 e. The highest BCUT2D eigenvalue weighted by molar-refractivity contribution is 5.95. The summed E-state index contributed by atoms with van der Waals surface area (Å²) in [7, 11) is 0. The highest BCUT2D eigenvalue weighted by Gasteiger charge is 2.20. The first kappa shape index (κ1) is 16.0. The van der Waals surface area contributed by atoms with Gasteiger partial charge in [0.05, 0.1) is 0 Å². The molecule has 0 unspecified atom stereocenters. The van der Waals surface area contributed by atoms with Gasteiger partial charge < -0.3 is 9.84 Å². The second kappa shape index (κ2) is 6.89. The monoisotopic (exact) mass is 276 g/mol. The van der Waals surface area contributed by atoms with Gasteiger partial charge in [0.1, 0.15) is 5.60 Å². The van der Waals surface area contributed by atoms with Crippen LogP contribution in [0.2, 0.25) is 0 Å². The normalized spacial score (nSPS) is 12.1. The summed E-state index contributed by atoms with van der Waals surface area (Å²) in [5, 5.41) is 8.84. The molecule has 0 atom stereocenters. The van der Waals surface area contributed by atoms with Gasteiger partial charge in [-0.1, -0.05) is 30.3 Å². The molecular weight excluding hydrogens is 256 g/mol. The molecule has 0 saturated heterocycles. The van der Waals surface area contributed by atoms with E-state index in [0.717, 1.165) is 11.6 Å². The number of rotatable bonds is 5. The quantitative estimate of drug-likeness (QED) is 0.663. The first-order chi connectivity index (χ1) is 9.28.